The van der Waals surface area contributed by atoms with E-state index in [4.69, 9.17) is 4.74 Å². The molecule has 1 N–H and O–H groups in total. The molecular formula is C15H13NO2S. The summed E-state index contributed by atoms with van der Waals surface area (Å²) < 4.78 is 5.27. The Labute approximate surface area is 115 Å². The van der Waals surface area contributed by atoms with Crippen molar-refractivity contribution >= 4 is 22.2 Å². The third kappa shape index (κ3) is 2.09. The summed E-state index contributed by atoms with van der Waals surface area (Å²) in [6.45, 7) is 0. The molecule has 0 spiro atoms. The van der Waals surface area contributed by atoms with E-state index < -0.39 is 6.10 Å². The van der Waals surface area contributed by atoms with Crippen LogP contribution in [0.5, 0.6) is 5.75 Å². The molecule has 3 rings (SSSR count). The fraction of sp³-hybridized carbons (Fsp3) is 0.133. The molecule has 0 bridgehead atoms. The van der Waals surface area contributed by atoms with Gasteiger partial charge in [0.05, 0.1) is 17.5 Å². The van der Waals surface area contributed by atoms with Gasteiger partial charge >= 0.3 is 0 Å². The van der Waals surface area contributed by atoms with Crippen LogP contribution in [0.2, 0.25) is 0 Å². The maximum Gasteiger partial charge on any atom is 0.135 e. The summed E-state index contributed by atoms with van der Waals surface area (Å²) in [4.78, 5) is 5.13. The van der Waals surface area contributed by atoms with Gasteiger partial charge in [0.1, 0.15) is 11.9 Å². The molecule has 0 aliphatic carbocycles. The van der Waals surface area contributed by atoms with Crippen LogP contribution in [-0.4, -0.2) is 17.2 Å². The molecule has 2 aromatic heterocycles. The van der Waals surface area contributed by atoms with E-state index in [2.05, 4.69) is 4.98 Å². The number of aliphatic hydroxyl groups is 1. The van der Waals surface area contributed by atoms with Gasteiger partial charge in [-0.1, -0.05) is 18.2 Å². The highest BCUT2D eigenvalue weighted by molar-refractivity contribution is 7.10. The number of nitrogens with zero attached hydrogens (tertiary/aromatic N) is 1. The first-order valence-electron chi connectivity index (χ1n) is 5.94. The van der Waals surface area contributed by atoms with Crippen LogP contribution in [0.15, 0.2) is 48.0 Å². The average molecular weight is 271 g/mol. The van der Waals surface area contributed by atoms with Crippen molar-refractivity contribution in [2.75, 3.05) is 7.11 Å². The van der Waals surface area contributed by atoms with Crippen LogP contribution in [-0.2, 0) is 0 Å². The van der Waals surface area contributed by atoms with E-state index in [1.165, 1.54) is 11.3 Å². The van der Waals surface area contributed by atoms with Crippen molar-refractivity contribution < 1.29 is 9.84 Å². The van der Waals surface area contributed by atoms with Crippen molar-refractivity contribution in [2.45, 2.75) is 6.10 Å². The Morgan fingerprint density at radius 2 is 2.11 bits per heavy atom. The number of thiophene rings is 1. The lowest BCUT2D eigenvalue weighted by molar-refractivity contribution is 0.220. The zero-order valence-electron chi connectivity index (χ0n) is 10.4. The first-order valence-corrected chi connectivity index (χ1v) is 6.82. The standard InChI is InChI=1S/C15H13NO2S/c1-18-13-7-9-19-15(13)14(17)11-4-2-6-12-10(11)5-3-8-16-12/h2-9,14,17H,1H3. The number of hydrogen-bond donors (Lipinski definition) is 1. The monoisotopic (exact) mass is 271 g/mol. The molecule has 0 saturated heterocycles. The maximum atomic E-state index is 10.6. The summed E-state index contributed by atoms with van der Waals surface area (Å²) in [5.74, 6) is 0.721. The Bertz CT molecular complexity index is 703. The predicted molar refractivity (Wildman–Crippen MR) is 76.7 cm³/mol. The van der Waals surface area contributed by atoms with Crippen LogP contribution in [0.3, 0.4) is 0 Å². The third-order valence-corrected chi connectivity index (χ3v) is 4.05. The minimum atomic E-state index is -0.692. The molecule has 0 amide bonds. The Kier molecular flexibility index (Phi) is 3.19. The number of aliphatic hydroxyl groups excluding tert-OH is 1. The Hall–Kier alpha value is -1.91. The maximum absolute atomic E-state index is 10.6. The molecule has 0 radical (unpaired) electrons. The van der Waals surface area contributed by atoms with E-state index in [-0.39, 0.29) is 0 Å². The fourth-order valence-corrected chi connectivity index (χ4v) is 3.05. The first-order chi connectivity index (χ1) is 9.31. The average Bonchev–Trinajstić information content (AvgIpc) is 2.94. The second-order valence-electron chi connectivity index (χ2n) is 4.17. The molecule has 2 heterocycles. The molecule has 1 aromatic carbocycles. The number of benzene rings is 1. The highest BCUT2D eigenvalue weighted by atomic mass is 32.1. The van der Waals surface area contributed by atoms with Crippen molar-refractivity contribution in [1.29, 1.82) is 0 Å². The lowest BCUT2D eigenvalue weighted by Gasteiger charge is -2.13. The lowest BCUT2D eigenvalue weighted by Crippen LogP contribution is -2.00. The first kappa shape index (κ1) is 12.1. The second kappa shape index (κ2) is 4.99. The highest BCUT2D eigenvalue weighted by Gasteiger charge is 2.18. The van der Waals surface area contributed by atoms with Crippen LogP contribution in [0.25, 0.3) is 10.9 Å². The van der Waals surface area contributed by atoms with Gasteiger partial charge in [-0.15, -0.1) is 11.3 Å². The molecule has 3 nitrogen and oxygen atoms in total. The normalized spacial score (nSPS) is 12.5. The van der Waals surface area contributed by atoms with E-state index >= 15 is 0 Å². The Morgan fingerprint density at radius 3 is 2.95 bits per heavy atom. The van der Waals surface area contributed by atoms with Gasteiger partial charge in [-0.05, 0) is 29.1 Å². The van der Waals surface area contributed by atoms with Gasteiger partial charge < -0.3 is 9.84 Å². The number of pyridine rings is 1. The predicted octanol–water partition coefficient (Wildman–Crippen LogP) is 3.39. The molecule has 1 unspecified atom stereocenters. The molecule has 19 heavy (non-hydrogen) atoms. The van der Waals surface area contributed by atoms with E-state index in [1.807, 2.05) is 41.8 Å². The topological polar surface area (TPSA) is 42.4 Å². The molecule has 0 aliphatic heterocycles. The smallest absolute Gasteiger partial charge is 0.135 e. The zero-order valence-corrected chi connectivity index (χ0v) is 11.2. The van der Waals surface area contributed by atoms with Crippen molar-refractivity contribution in [2.24, 2.45) is 0 Å². The summed E-state index contributed by atoms with van der Waals surface area (Å²) in [6, 6.07) is 11.5. The highest BCUT2D eigenvalue weighted by Crippen LogP contribution is 2.36. The number of methoxy groups -OCH3 is 1. The van der Waals surface area contributed by atoms with Gasteiger partial charge in [0.15, 0.2) is 0 Å². The van der Waals surface area contributed by atoms with Crippen molar-refractivity contribution in [3.8, 4) is 5.75 Å². The van der Waals surface area contributed by atoms with Gasteiger partial charge in [-0.3, -0.25) is 4.98 Å². The SMILES string of the molecule is COc1ccsc1C(O)c1cccc2ncccc12. The summed E-state index contributed by atoms with van der Waals surface area (Å²) in [7, 11) is 1.61. The molecule has 0 saturated carbocycles. The third-order valence-electron chi connectivity index (χ3n) is 3.10. The van der Waals surface area contributed by atoms with Crippen LogP contribution in [0, 0.1) is 0 Å². The van der Waals surface area contributed by atoms with Crippen LogP contribution in [0.1, 0.15) is 16.5 Å². The molecule has 4 heteroatoms. The van der Waals surface area contributed by atoms with Crippen molar-refractivity contribution in [1.82, 2.24) is 4.98 Å². The van der Waals surface area contributed by atoms with Gasteiger partial charge in [0, 0.05) is 11.6 Å². The van der Waals surface area contributed by atoms with Crippen LogP contribution < -0.4 is 4.74 Å². The molecular weight excluding hydrogens is 258 g/mol. The van der Waals surface area contributed by atoms with E-state index in [0.29, 0.717) is 0 Å². The second-order valence-corrected chi connectivity index (χ2v) is 5.12. The number of rotatable bonds is 3. The van der Waals surface area contributed by atoms with Crippen LogP contribution >= 0.6 is 11.3 Å². The van der Waals surface area contributed by atoms with Gasteiger partial charge in [-0.2, -0.15) is 0 Å². The summed E-state index contributed by atoms with van der Waals surface area (Å²) in [5, 5.41) is 13.5. The van der Waals surface area contributed by atoms with Gasteiger partial charge in [0.25, 0.3) is 0 Å². The van der Waals surface area contributed by atoms with Gasteiger partial charge in [-0.25, -0.2) is 0 Å². The summed E-state index contributed by atoms with van der Waals surface area (Å²) in [6.07, 6.45) is 1.06. The quantitative estimate of drug-likeness (QED) is 0.794. The molecule has 0 fully saturated rings. The zero-order chi connectivity index (χ0) is 13.2. The van der Waals surface area contributed by atoms with E-state index in [9.17, 15) is 5.11 Å². The molecule has 3 aromatic rings. The Morgan fingerprint density at radius 1 is 1.21 bits per heavy atom. The molecule has 96 valence electrons. The minimum absolute atomic E-state index is 0.692. The lowest BCUT2D eigenvalue weighted by atomic mass is 10.0. The van der Waals surface area contributed by atoms with Crippen LogP contribution in [0.4, 0.5) is 0 Å². The molecule has 0 aliphatic rings. The molecule has 1 atom stereocenters. The fourth-order valence-electron chi connectivity index (χ4n) is 2.18. The summed E-state index contributed by atoms with van der Waals surface area (Å²) in [5.41, 5.74) is 1.74. The van der Waals surface area contributed by atoms with Gasteiger partial charge in [0.2, 0.25) is 0 Å². The number of ether oxygens (including phenoxy) is 1. The summed E-state index contributed by atoms with van der Waals surface area (Å²) >= 11 is 1.49. The Balaban J connectivity index is 2.14. The number of hydrogen-bond acceptors (Lipinski definition) is 4. The number of aromatic nitrogens is 1. The van der Waals surface area contributed by atoms with E-state index in [0.717, 1.165) is 27.1 Å². The largest absolute Gasteiger partial charge is 0.495 e. The van der Waals surface area contributed by atoms with E-state index in [1.54, 1.807) is 13.3 Å². The minimum Gasteiger partial charge on any atom is -0.495 e. The number of fused-ring (bicyclic) bond motifs is 1. The van der Waals surface area contributed by atoms with Crippen molar-refractivity contribution in [3.05, 3.63) is 58.4 Å². The van der Waals surface area contributed by atoms with Crippen molar-refractivity contribution in [3.63, 3.8) is 0 Å².